The van der Waals surface area contributed by atoms with E-state index < -0.39 is 0 Å². The number of hydrogen-bond acceptors (Lipinski definition) is 6. The van der Waals surface area contributed by atoms with Gasteiger partial charge in [0.1, 0.15) is 30.3 Å². The molecule has 1 amide bonds. The molecule has 1 aliphatic heterocycles. The summed E-state index contributed by atoms with van der Waals surface area (Å²) in [7, 11) is 1.65. The molecule has 1 aromatic heterocycles. The van der Waals surface area contributed by atoms with E-state index in [1.807, 2.05) is 61.5 Å². The van der Waals surface area contributed by atoms with Crippen LogP contribution in [0.4, 0.5) is 5.82 Å². The number of rotatable bonds is 8. The highest BCUT2D eigenvalue weighted by Gasteiger charge is 2.25. The Hall–Kier alpha value is -3.61. The summed E-state index contributed by atoms with van der Waals surface area (Å²) in [6.45, 7) is 4.58. The van der Waals surface area contributed by atoms with Crippen LogP contribution in [-0.4, -0.2) is 49.2 Å². The van der Waals surface area contributed by atoms with Crippen LogP contribution in [0.5, 0.6) is 11.5 Å². The molecule has 0 radical (unpaired) electrons. The number of anilines is 1. The number of nitrogens with zero attached hydrogens (tertiary/aromatic N) is 3. The van der Waals surface area contributed by atoms with Gasteiger partial charge in [-0.05, 0) is 56.2 Å². The van der Waals surface area contributed by atoms with Crippen LogP contribution >= 0.6 is 0 Å². The van der Waals surface area contributed by atoms with Gasteiger partial charge >= 0.3 is 0 Å². The van der Waals surface area contributed by atoms with E-state index in [9.17, 15) is 4.79 Å². The first-order chi connectivity index (χ1) is 16.1. The van der Waals surface area contributed by atoms with Crippen LogP contribution in [0.15, 0.2) is 60.9 Å². The zero-order valence-corrected chi connectivity index (χ0v) is 19.2. The smallest absolute Gasteiger partial charge is 0.223 e. The average Bonchev–Trinajstić information content (AvgIpc) is 2.88. The molecule has 0 saturated carbocycles. The standard InChI is InChI=1S/C26H30N4O3/c1-19-3-7-23(8-4-19)33-16-13-27-26(31)21-11-14-30(15-12-21)25-17-24(28-18-29-25)20-5-9-22(32-2)10-6-20/h3-10,17-18,21H,11-16H2,1-2H3,(H,27,31). The zero-order chi connectivity index (χ0) is 23.0. The quantitative estimate of drug-likeness (QED) is 0.530. The highest BCUT2D eigenvalue weighted by molar-refractivity contribution is 5.79. The Morgan fingerprint density at radius 1 is 1.03 bits per heavy atom. The summed E-state index contributed by atoms with van der Waals surface area (Å²) >= 11 is 0. The first-order valence-corrected chi connectivity index (χ1v) is 11.3. The highest BCUT2D eigenvalue weighted by atomic mass is 16.5. The number of aryl methyl sites for hydroxylation is 1. The molecule has 1 fully saturated rings. The van der Waals surface area contributed by atoms with E-state index in [-0.39, 0.29) is 11.8 Å². The number of benzene rings is 2. The van der Waals surface area contributed by atoms with Crippen molar-refractivity contribution in [1.29, 1.82) is 0 Å². The fourth-order valence-corrected chi connectivity index (χ4v) is 3.93. The topological polar surface area (TPSA) is 76.6 Å². The monoisotopic (exact) mass is 446 g/mol. The molecule has 3 aromatic rings. The van der Waals surface area contributed by atoms with E-state index in [1.54, 1.807) is 13.4 Å². The van der Waals surface area contributed by atoms with E-state index in [1.165, 1.54) is 5.56 Å². The second-order valence-electron chi connectivity index (χ2n) is 8.20. The van der Waals surface area contributed by atoms with Gasteiger partial charge in [0.15, 0.2) is 0 Å². The van der Waals surface area contributed by atoms with Crippen LogP contribution in [-0.2, 0) is 4.79 Å². The van der Waals surface area contributed by atoms with Crippen molar-refractivity contribution in [3.8, 4) is 22.8 Å². The van der Waals surface area contributed by atoms with E-state index in [2.05, 4.69) is 20.2 Å². The summed E-state index contributed by atoms with van der Waals surface area (Å²) < 4.78 is 10.9. The van der Waals surface area contributed by atoms with Crippen molar-refractivity contribution < 1.29 is 14.3 Å². The third-order valence-electron chi connectivity index (χ3n) is 5.92. The lowest BCUT2D eigenvalue weighted by Gasteiger charge is -2.32. The van der Waals surface area contributed by atoms with E-state index >= 15 is 0 Å². The Bertz CT molecular complexity index is 1050. The number of ether oxygens (including phenoxy) is 2. The summed E-state index contributed by atoms with van der Waals surface area (Å²) in [5, 5.41) is 3.01. The first kappa shape index (κ1) is 22.6. The molecule has 33 heavy (non-hydrogen) atoms. The molecular formula is C26H30N4O3. The van der Waals surface area contributed by atoms with Crippen molar-refractivity contribution in [1.82, 2.24) is 15.3 Å². The van der Waals surface area contributed by atoms with Crippen LogP contribution in [0.2, 0.25) is 0 Å². The van der Waals surface area contributed by atoms with Crippen molar-refractivity contribution >= 4 is 11.7 Å². The van der Waals surface area contributed by atoms with Gasteiger partial charge < -0.3 is 19.7 Å². The minimum Gasteiger partial charge on any atom is -0.497 e. The zero-order valence-electron chi connectivity index (χ0n) is 19.2. The number of amides is 1. The second kappa shape index (κ2) is 10.8. The third-order valence-corrected chi connectivity index (χ3v) is 5.92. The van der Waals surface area contributed by atoms with Crippen molar-refractivity contribution in [2.75, 3.05) is 38.3 Å². The predicted octanol–water partition coefficient (Wildman–Crippen LogP) is 3.87. The maximum absolute atomic E-state index is 12.6. The molecule has 1 saturated heterocycles. The van der Waals surface area contributed by atoms with Crippen molar-refractivity contribution in [2.24, 2.45) is 5.92 Å². The van der Waals surface area contributed by atoms with E-state index in [0.717, 1.165) is 54.5 Å². The van der Waals surface area contributed by atoms with Gasteiger partial charge in [0.25, 0.3) is 0 Å². The summed E-state index contributed by atoms with van der Waals surface area (Å²) in [5.74, 6) is 2.64. The maximum Gasteiger partial charge on any atom is 0.223 e. The summed E-state index contributed by atoms with van der Waals surface area (Å²) in [6, 6.07) is 17.7. The number of nitrogens with one attached hydrogen (secondary N) is 1. The highest BCUT2D eigenvalue weighted by Crippen LogP contribution is 2.26. The minimum absolute atomic E-state index is 0.0171. The van der Waals surface area contributed by atoms with Gasteiger partial charge in [0, 0.05) is 30.6 Å². The van der Waals surface area contributed by atoms with Crippen LogP contribution in [0, 0.1) is 12.8 Å². The van der Waals surface area contributed by atoms with Gasteiger partial charge in [-0.3, -0.25) is 4.79 Å². The molecule has 0 atom stereocenters. The van der Waals surface area contributed by atoms with Crippen LogP contribution in [0.3, 0.4) is 0 Å². The van der Waals surface area contributed by atoms with Crippen LogP contribution in [0.1, 0.15) is 18.4 Å². The predicted molar refractivity (Wildman–Crippen MR) is 129 cm³/mol. The second-order valence-corrected chi connectivity index (χ2v) is 8.20. The Balaban J connectivity index is 1.24. The summed E-state index contributed by atoms with van der Waals surface area (Å²) in [4.78, 5) is 23.7. The van der Waals surface area contributed by atoms with Crippen molar-refractivity contribution in [3.05, 3.63) is 66.5 Å². The van der Waals surface area contributed by atoms with Gasteiger partial charge in [-0.25, -0.2) is 9.97 Å². The van der Waals surface area contributed by atoms with Crippen LogP contribution in [0.25, 0.3) is 11.3 Å². The Morgan fingerprint density at radius 3 is 2.42 bits per heavy atom. The number of hydrogen-bond donors (Lipinski definition) is 1. The first-order valence-electron chi connectivity index (χ1n) is 11.3. The van der Waals surface area contributed by atoms with Crippen molar-refractivity contribution in [3.63, 3.8) is 0 Å². The van der Waals surface area contributed by atoms with Crippen LogP contribution < -0.4 is 19.7 Å². The number of aromatic nitrogens is 2. The van der Waals surface area contributed by atoms with Gasteiger partial charge in [-0.1, -0.05) is 17.7 Å². The minimum atomic E-state index is 0.0171. The third kappa shape index (κ3) is 6.00. The lowest BCUT2D eigenvalue weighted by molar-refractivity contribution is -0.125. The molecule has 172 valence electrons. The number of piperidine rings is 1. The normalized spacial score (nSPS) is 14.1. The fraction of sp³-hybridized carbons (Fsp3) is 0.346. The number of carbonyl (C=O) groups is 1. The molecule has 4 rings (SSSR count). The molecule has 1 N–H and O–H groups in total. The molecule has 2 heterocycles. The van der Waals surface area contributed by atoms with Crippen molar-refractivity contribution in [2.45, 2.75) is 19.8 Å². The average molecular weight is 447 g/mol. The number of methoxy groups -OCH3 is 1. The molecular weight excluding hydrogens is 416 g/mol. The molecule has 0 unspecified atom stereocenters. The molecule has 0 spiro atoms. The van der Waals surface area contributed by atoms with Gasteiger partial charge in [-0.2, -0.15) is 0 Å². The lowest BCUT2D eigenvalue weighted by Crippen LogP contribution is -2.41. The largest absolute Gasteiger partial charge is 0.497 e. The molecule has 7 heteroatoms. The molecule has 1 aliphatic rings. The summed E-state index contributed by atoms with van der Waals surface area (Å²) in [5.41, 5.74) is 3.08. The summed E-state index contributed by atoms with van der Waals surface area (Å²) in [6.07, 6.45) is 3.20. The molecule has 2 aromatic carbocycles. The Labute approximate surface area is 194 Å². The SMILES string of the molecule is COc1ccc(-c2cc(N3CCC(C(=O)NCCOc4ccc(C)cc4)CC3)ncn2)cc1. The molecule has 7 nitrogen and oxygen atoms in total. The number of carbonyl (C=O) groups excluding carboxylic acids is 1. The maximum atomic E-state index is 12.6. The van der Waals surface area contributed by atoms with Gasteiger partial charge in [-0.15, -0.1) is 0 Å². The van der Waals surface area contributed by atoms with E-state index in [0.29, 0.717) is 13.2 Å². The van der Waals surface area contributed by atoms with E-state index in [4.69, 9.17) is 9.47 Å². The lowest BCUT2D eigenvalue weighted by atomic mass is 9.96. The Morgan fingerprint density at radius 2 is 1.73 bits per heavy atom. The van der Waals surface area contributed by atoms with Gasteiger partial charge in [0.2, 0.25) is 5.91 Å². The molecule has 0 aliphatic carbocycles. The fourth-order valence-electron chi connectivity index (χ4n) is 3.93. The Kier molecular flexibility index (Phi) is 7.40. The van der Waals surface area contributed by atoms with Gasteiger partial charge in [0.05, 0.1) is 19.3 Å². The molecule has 0 bridgehead atoms.